The second kappa shape index (κ2) is 6.22. The summed E-state index contributed by atoms with van der Waals surface area (Å²) in [5.41, 5.74) is 1.11. The zero-order chi connectivity index (χ0) is 11.1. The molecule has 1 aromatic carbocycles. The van der Waals surface area contributed by atoms with E-state index in [2.05, 4.69) is 5.32 Å². The molecule has 15 heavy (non-hydrogen) atoms. The SMILES string of the molecule is O=C(O)/C=C/CNCc1ccc(Cl)cc1. The molecule has 2 N–H and O–H groups in total. The Bertz CT molecular complexity index is 346. The van der Waals surface area contributed by atoms with Gasteiger partial charge in [-0.1, -0.05) is 29.8 Å². The average molecular weight is 226 g/mol. The first-order chi connectivity index (χ1) is 7.18. The maximum absolute atomic E-state index is 10.1. The van der Waals surface area contributed by atoms with E-state index < -0.39 is 5.97 Å². The molecule has 0 atom stereocenters. The van der Waals surface area contributed by atoms with Crippen molar-refractivity contribution in [1.82, 2.24) is 5.32 Å². The van der Waals surface area contributed by atoms with Crippen LogP contribution in [0, 0.1) is 0 Å². The maximum Gasteiger partial charge on any atom is 0.328 e. The van der Waals surface area contributed by atoms with Gasteiger partial charge in [0, 0.05) is 24.2 Å². The molecule has 0 aliphatic carbocycles. The van der Waals surface area contributed by atoms with Gasteiger partial charge in [-0.25, -0.2) is 4.79 Å². The van der Waals surface area contributed by atoms with Crippen LogP contribution in [0.2, 0.25) is 5.02 Å². The van der Waals surface area contributed by atoms with E-state index in [0.29, 0.717) is 18.1 Å². The number of nitrogens with one attached hydrogen (secondary N) is 1. The van der Waals surface area contributed by atoms with E-state index in [9.17, 15) is 4.79 Å². The molecule has 0 fully saturated rings. The highest BCUT2D eigenvalue weighted by atomic mass is 35.5. The lowest BCUT2D eigenvalue weighted by Crippen LogP contribution is -2.12. The summed E-state index contributed by atoms with van der Waals surface area (Å²) >= 11 is 5.73. The van der Waals surface area contributed by atoms with Crippen LogP contribution in [0.4, 0.5) is 0 Å². The molecule has 0 unspecified atom stereocenters. The van der Waals surface area contributed by atoms with Crippen molar-refractivity contribution < 1.29 is 9.90 Å². The predicted octanol–water partition coefficient (Wildman–Crippen LogP) is 2.07. The summed E-state index contributed by atoms with van der Waals surface area (Å²) in [4.78, 5) is 10.1. The fourth-order valence-corrected chi connectivity index (χ4v) is 1.19. The summed E-state index contributed by atoms with van der Waals surface area (Å²) in [5, 5.41) is 12.1. The van der Waals surface area contributed by atoms with E-state index in [4.69, 9.17) is 16.7 Å². The molecule has 80 valence electrons. The minimum absolute atomic E-state index is 0.537. The van der Waals surface area contributed by atoms with Gasteiger partial charge in [0.15, 0.2) is 0 Å². The van der Waals surface area contributed by atoms with Crippen LogP contribution in [-0.4, -0.2) is 17.6 Å². The third-order valence-corrected chi connectivity index (χ3v) is 2.02. The number of carbonyl (C=O) groups is 1. The van der Waals surface area contributed by atoms with Crippen molar-refractivity contribution in [2.24, 2.45) is 0 Å². The lowest BCUT2D eigenvalue weighted by molar-refractivity contribution is -0.131. The van der Waals surface area contributed by atoms with Crippen LogP contribution in [0.5, 0.6) is 0 Å². The number of hydrogen-bond acceptors (Lipinski definition) is 2. The molecule has 0 bridgehead atoms. The Morgan fingerprint density at radius 1 is 1.40 bits per heavy atom. The quantitative estimate of drug-likeness (QED) is 0.596. The molecular weight excluding hydrogens is 214 g/mol. The van der Waals surface area contributed by atoms with Gasteiger partial charge in [-0.3, -0.25) is 0 Å². The van der Waals surface area contributed by atoms with E-state index in [-0.39, 0.29) is 0 Å². The molecule has 0 saturated heterocycles. The zero-order valence-electron chi connectivity index (χ0n) is 8.11. The number of aliphatic carboxylic acids is 1. The third kappa shape index (κ3) is 5.20. The summed E-state index contributed by atoms with van der Waals surface area (Å²) in [6, 6.07) is 7.50. The zero-order valence-corrected chi connectivity index (χ0v) is 8.87. The summed E-state index contributed by atoms with van der Waals surface area (Å²) in [6.45, 7) is 1.23. The first kappa shape index (κ1) is 11.8. The van der Waals surface area contributed by atoms with Gasteiger partial charge in [-0.15, -0.1) is 0 Å². The van der Waals surface area contributed by atoms with Gasteiger partial charge in [0.25, 0.3) is 0 Å². The summed E-state index contributed by atoms with van der Waals surface area (Å²) in [5.74, 6) is -0.928. The molecule has 0 aromatic heterocycles. The van der Waals surface area contributed by atoms with E-state index in [0.717, 1.165) is 11.6 Å². The van der Waals surface area contributed by atoms with Crippen molar-refractivity contribution in [3.8, 4) is 0 Å². The molecule has 0 aliphatic heterocycles. The van der Waals surface area contributed by atoms with Crippen LogP contribution in [-0.2, 0) is 11.3 Å². The summed E-state index contributed by atoms with van der Waals surface area (Å²) in [7, 11) is 0. The highest BCUT2D eigenvalue weighted by Gasteiger charge is 1.91. The predicted molar refractivity (Wildman–Crippen MR) is 59.9 cm³/mol. The topological polar surface area (TPSA) is 49.3 Å². The highest BCUT2D eigenvalue weighted by molar-refractivity contribution is 6.30. The molecule has 0 aliphatic rings. The minimum atomic E-state index is -0.928. The van der Waals surface area contributed by atoms with Crippen LogP contribution < -0.4 is 5.32 Å². The molecule has 0 spiro atoms. The van der Waals surface area contributed by atoms with Crippen molar-refractivity contribution in [3.05, 3.63) is 47.0 Å². The first-order valence-corrected chi connectivity index (χ1v) is 4.91. The fraction of sp³-hybridized carbons (Fsp3) is 0.182. The van der Waals surface area contributed by atoms with Crippen LogP contribution in [0.1, 0.15) is 5.56 Å². The lowest BCUT2D eigenvalue weighted by Gasteiger charge is -2.01. The van der Waals surface area contributed by atoms with E-state index in [1.54, 1.807) is 6.08 Å². The third-order valence-electron chi connectivity index (χ3n) is 1.76. The van der Waals surface area contributed by atoms with Crippen LogP contribution >= 0.6 is 11.6 Å². The standard InChI is InChI=1S/C11H12ClNO2/c12-10-5-3-9(4-6-10)8-13-7-1-2-11(14)15/h1-6,13H,7-8H2,(H,14,15)/b2-1+. The van der Waals surface area contributed by atoms with Crippen LogP contribution in [0.15, 0.2) is 36.4 Å². The second-order valence-corrected chi connectivity index (χ2v) is 3.43. The first-order valence-electron chi connectivity index (χ1n) is 4.53. The van der Waals surface area contributed by atoms with Crippen LogP contribution in [0.25, 0.3) is 0 Å². The smallest absolute Gasteiger partial charge is 0.328 e. The number of halogens is 1. The fourth-order valence-electron chi connectivity index (χ4n) is 1.06. The van der Waals surface area contributed by atoms with Crippen LogP contribution in [0.3, 0.4) is 0 Å². The molecule has 0 saturated carbocycles. The van der Waals surface area contributed by atoms with Crippen molar-refractivity contribution in [2.45, 2.75) is 6.54 Å². The Balaban J connectivity index is 2.26. The van der Waals surface area contributed by atoms with E-state index in [1.165, 1.54) is 0 Å². The van der Waals surface area contributed by atoms with E-state index >= 15 is 0 Å². The van der Waals surface area contributed by atoms with E-state index in [1.807, 2.05) is 24.3 Å². The largest absolute Gasteiger partial charge is 0.478 e. The molecule has 0 radical (unpaired) electrons. The lowest BCUT2D eigenvalue weighted by atomic mass is 10.2. The molecule has 1 aromatic rings. The van der Waals surface area contributed by atoms with Crippen molar-refractivity contribution in [2.75, 3.05) is 6.54 Å². The Hall–Kier alpha value is -1.32. The molecule has 0 amide bonds. The number of carboxylic acids is 1. The molecule has 4 heteroatoms. The van der Waals surface area contributed by atoms with Gasteiger partial charge in [0.05, 0.1) is 0 Å². The minimum Gasteiger partial charge on any atom is -0.478 e. The van der Waals surface area contributed by atoms with Gasteiger partial charge >= 0.3 is 5.97 Å². The Labute approximate surface area is 93.4 Å². The second-order valence-electron chi connectivity index (χ2n) is 3.00. The Kier molecular flexibility index (Phi) is 4.87. The van der Waals surface area contributed by atoms with Gasteiger partial charge in [-0.2, -0.15) is 0 Å². The number of rotatable bonds is 5. The molecule has 3 nitrogen and oxygen atoms in total. The maximum atomic E-state index is 10.1. The highest BCUT2D eigenvalue weighted by Crippen LogP contribution is 2.08. The molecular formula is C11H12ClNO2. The summed E-state index contributed by atoms with van der Waals surface area (Å²) < 4.78 is 0. The van der Waals surface area contributed by atoms with Crippen molar-refractivity contribution >= 4 is 17.6 Å². The van der Waals surface area contributed by atoms with Crippen molar-refractivity contribution in [3.63, 3.8) is 0 Å². The Morgan fingerprint density at radius 2 is 2.07 bits per heavy atom. The van der Waals surface area contributed by atoms with Gasteiger partial charge < -0.3 is 10.4 Å². The normalized spacial score (nSPS) is 10.7. The Morgan fingerprint density at radius 3 is 2.67 bits per heavy atom. The molecule has 1 rings (SSSR count). The van der Waals surface area contributed by atoms with Gasteiger partial charge in [-0.05, 0) is 17.7 Å². The van der Waals surface area contributed by atoms with Gasteiger partial charge in [0.1, 0.15) is 0 Å². The monoisotopic (exact) mass is 225 g/mol. The number of benzene rings is 1. The molecule has 0 heterocycles. The summed E-state index contributed by atoms with van der Waals surface area (Å²) in [6.07, 6.45) is 2.69. The average Bonchev–Trinajstić information content (AvgIpc) is 2.20. The van der Waals surface area contributed by atoms with Crippen molar-refractivity contribution in [1.29, 1.82) is 0 Å². The number of hydrogen-bond donors (Lipinski definition) is 2. The van der Waals surface area contributed by atoms with Gasteiger partial charge in [0.2, 0.25) is 0 Å². The number of carboxylic acid groups (broad SMARTS) is 1.